The van der Waals surface area contributed by atoms with Gasteiger partial charge in [0.1, 0.15) is 11.2 Å². The predicted molar refractivity (Wildman–Crippen MR) is 77.9 cm³/mol. The minimum atomic E-state index is -0.930. The molecule has 0 aromatic carbocycles. The van der Waals surface area contributed by atoms with E-state index in [0.717, 1.165) is 32.1 Å². The van der Waals surface area contributed by atoms with Crippen molar-refractivity contribution < 1.29 is 24.2 Å². The van der Waals surface area contributed by atoms with E-state index in [-0.39, 0.29) is 18.2 Å². The summed E-state index contributed by atoms with van der Waals surface area (Å²) in [6.45, 7) is 2.05. The van der Waals surface area contributed by atoms with Crippen molar-refractivity contribution in [3.8, 4) is 0 Å². The monoisotopic (exact) mass is 298 g/mol. The Morgan fingerprint density at radius 2 is 1.90 bits per heavy atom. The second kappa shape index (κ2) is 8.80. The summed E-state index contributed by atoms with van der Waals surface area (Å²) >= 11 is 0. The highest BCUT2D eigenvalue weighted by atomic mass is 16.5. The molecular formula is C16H26O5. The largest absolute Gasteiger partial charge is 0.481 e. The molecule has 21 heavy (non-hydrogen) atoms. The van der Waals surface area contributed by atoms with E-state index in [9.17, 15) is 14.4 Å². The van der Waals surface area contributed by atoms with Gasteiger partial charge in [-0.25, -0.2) is 0 Å². The molecule has 0 aromatic heterocycles. The van der Waals surface area contributed by atoms with E-state index >= 15 is 0 Å². The Kier molecular flexibility index (Phi) is 7.40. The van der Waals surface area contributed by atoms with Gasteiger partial charge in [-0.05, 0) is 32.6 Å². The van der Waals surface area contributed by atoms with Crippen molar-refractivity contribution >= 4 is 17.7 Å². The van der Waals surface area contributed by atoms with E-state index in [1.165, 1.54) is 0 Å². The Labute approximate surface area is 126 Å². The second-order valence-corrected chi connectivity index (χ2v) is 5.74. The van der Waals surface area contributed by atoms with Gasteiger partial charge in [-0.15, -0.1) is 0 Å². The SMILES string of the molecule is CCOC(=O)C1(CCCCCCC(=O)O)CCCCC1=O. The van der Waals surface area contributed by atoms with Crippen LogP contribution in [-0.2, 0) is 19.1 Å². The zero-order valence-electron chi connectivity index (χ0n) is 12.9. The van der Waals surface area contributed by atoms with Crippen LogP contribution in [0.4, 0.5) is 0 Å². The van der Waals surface area contributed by atoms with E-state index in [0.29, 0.717) is 32.3 Å². The number of rotatable bonds is 9. The molecule has 0 bridgehead atoms. The van der Waals surface area contributed by atoms with Crippen LogP contribution in [0.5, 0.6) is 0 Å². The molecule has 5 nitrogen and oxygen atoms in total. The fourth-order valence-corrected chi connectivity index (χ4v) is 3.00. The smallest absolute Gasteiger partial charge is 0.319 e. The summed E-state index contributed by atoms with van der Waals surface area (Å²) in [6, 6.07) is 0. The fourth-order valence-electron chi connectivity index (χ4n) is 3.00. The minimum absolute atomic E-state index is 0.0257. The molecule has 1 unspecified atom stereocenters. The second-order valence-electron chi connectivity index (χ2n) is 5.74. The van der Waals surface area contributed by atoms with Crippen molar-refractivity contribution in [2.45, 2.75) is 71.1 Å². The summed E-state index contributed by atoms with van der Waals surface area (Å²) < 4.78 is 5.13. The third kappa shape index (κ3) is 5.14. The lowest BCUT2D eigenvalue weighted by Gasteiger charge is -2.33. The number of carbonyl (C=O) groups excluding carboxylic acids is 2. The van der Waals surface area contributed by atoms with Crippen molar-refractivity contribution in [3.63, 3.8) is 0 Å². The van der Waals surface area contributed by atoms with Crippen LogP contribution < -0.4 is 0 Å². The number of hydrogen-bond donors (Lipinski definition) is 1. The van der Waals surface area contributed by atoms with Crippen LogP contribution in [0.2, 0.25) is 0 Å². The first-order valence-electron chi connectivity index (χ1n) is 7.95. The molecule has 1 fully saturated rings. The van der Waals surface area contributed by atoms with Gasteiger partial charge in [-0.1, -0.05) is 25.7 Å². The van der Waals surface area contributed by atoms with Crippen LogP contribution in [0.3, 0.4) is 0 Å². The number of ketones is 1. The number of carboxylic acids is 1. The molecule has 0 saturated heterocycles. The molecule has 0 amide bonds. The first-order chi connectivity index (χ1) is 10.0. The molecule has 0 radical (unpaired) electrons. The third-order valence-corrected chi connectivity index (χ3v) is 4.20. The minimum Gasteiger partial charge on any atom is -0.481 e. The molecule has 0 aromatic rings. The number of Topliss-reactive ketones (excluding diaryl/α,β-unsaturated/α-hetero) is 1. The lowest BCUT2D eigenvalue weighted by molar-refractivity contribution is -0.163. The predicted octanol–water partition coefficient (Wildman–Crippen LogP) is 3.10. The quantitative estimate of drug-likeness (QED) is 0.402. The Morgan fingerprint density at radius 1 is 1.19 bits per heavy atom. The maximum atomic E-state index is 12.3. The molecule has 1 atom stereocenters. The molecule has 1 N–H and O–H groups in total. The number of esters is 1. The van der Waals surface area contributed by atoms with Crippen molar-refractivity contribution in [1.29, 1.82) is 0 Å². The van der Waals surface area contributed by atoms with E-state index in [2.05, 4.69) is 0 Å². The molecule has 1 rings (SSSR count). The summed E-state index contributed by atoms with van der Waals surface area (Å²) in [5.41, 5.74) is -0.930. The lowest BCUT2D eigenvalue weighted by atomic mass is 9.70. The Balaban J connectivity index is 2.48. The van der Waals surface area contributed by atoms with Crippen LogP contribution in [-0.4, -0.2) is 29.4 Å². The summed E-state index contributed by atoms with van der Waals surface area (Å²) in [7, 11) is 0. The first kappa shape index (κ1) is 17.7. The standard InChI is InChI=1S/C16H26O5/c1-2-21-15(20)16(12-8-6-9-13(16)17)11-7-4-3-5-10-14(18)19/h2-12H2,1H3,(H,18,19). The lowest BCUT2D eigenvalue weighted by Crippen LogP contribution is -2.43. The van der Waals surface area contributed by atoms with Gasteiger partial charge in [0.2, 0.25) is 0 Å². The number of hydrogen-bond acceptors (Lipinski definition) is 4. The van der Waals surface area contributed by atoms with Gasteiger partial charge in [0, 0.05) is 12.8 Å². The molecule has 0 spiro atoms. The Morgan fingerprint density at radius 3 is 2.52 bits per heavy atom. The van der Waals surface area contributed by atoms with Crippen molar-refractivity contribution in [3.05, 3.63) is 0 Å². The molecular weight excluding hydrogens is 272 g/mol. The van der Waals surface area contributed by atoms with Crippen molar-refractivity contribution in [2.75, 3.05) is 6.61 Å². The number of unbranched alkanes of at least 4 members (excludes halogenated alkanes) is 3. The fraction of sp³-hybridized carbons (Fsp3) is 0.812. The van der Waals surface area contributed by atoms with Crippen LogP contribution in [0.1, 0.15) is 71.1 Å². The van der Waals surface area contributed by atoms with Crippen molar-refractivity contribution in [2.24, 2.45) is 5.41 Å². The summed E-state index contributed by atoms with van der Waals surface area (Å²) in [4.78, 5) is 34.9. The molecule has 1 aliphatic rings. The summed E-state index contributed by atoms with van der Waals surface area (Å²) in [6.07, 6.45) is 6.63. The van der Waals surface area contributed by atoms with Gasteiger partial charge in [-0.3, -0.25) is 14.4 Å². The Hall–Kier alpha value is -1.39. The number of carbonyl (C=O) groups is 3. The topological polar surface area (TPSA) is 80.7 Å². The highest BCUT2D eigenvalue weighted by Crippen LogP contribution is 2.39. The highest BCUT2D eigenvalue weighted by Gasteiger charge is 2.47. The first-order valence-corrected chi connectivity index (χ1v) is 7.95. The maximum Gasteiger partial charge on any atom is 0.319 e. The maximum absolute atomic E-state index is 12.3. The molecule has 1 aliphatic carbocycles. The van der Waals surface area contributed by atoms with Crippen LogP contribution >= 0.6 is 0 Å². The van der Waals surface area contributed by atoms with Crippen LogP contribution in [0, 0.1) is 5.41 Å². The van der Waals surface area contributed by atoms with Gasteiger partial charge in [0.25, 0.3) is 0 Å². The van der Waals surface area contributed by atoms with Gasteiger partial charge < -0.3 is 9.84 Å². The van der Waals surface area contributed by atoms with Gasteiger partial charge in [0.05, 0.1) is 6.61 Å². The average molecular weight is 298 g/mol. The average Bonchev–Trinajstić information content (AvgIpc) is 2.44. The van der Waals surface area contributed by atoms with Gasteiger partial charge in [0.15, 0.2) is 0 Å². The summed E-state index contributed by atoms with van der Waals surface area (Å²) in [5, 5.41) is 8.58. The zero-order valence-corrected chi connectivity index (χ0v) is 12.9. The van der Waals surface area contributed by atoms with Gasteiger partial charge in [-0.2, -0.15) is 0 Å². The molecule has 0 heterocycles. The van der Waals surface area contributed by atoms with E-state index in [4.69, 9.17) is 9.84 Å². The number of ether oxygens (including phenoxy) is 1. The molecule has 1 saturated carbocycles. The Bertz CT molecular complexity index is 377. The molecule has 120 valence electrons. The molecule has 0 aliphatic heterocycles. The van der Waals surface area contributed by atoms with Gasteiger partial charge >= 0.3 is 11.9 Å². The van der Waals surface area contributed by atoms with E-state index in [1.807, 2.05) is 0 Å². The molecule has 5 heteroatoms. The third-order valence-electron chi connectivity index (χ3n) is 4.20. The summed E-state index contributed by atoms with van der Waals surface area (Å²) in [5.74, 6) is -1.11. The highest BCUT2D eigenvalue weighted by molar-refractivity contribution is 6.04. The number of aliphatic carboxylic acids is 1. The van der Waals surface area contributed by atoms with Crippen LogP contribution in [0.25, 0.3) is 0 Å². The van der Waals surface area contributed by atoms with Crippen LogP contribution in [0.15, 0.2) is 0 Å². The number of carboxylic acid groups (broad SMARTS) is 1. The normalized spacial score (nSPS) is 22.0. The van der Waals surface area contributed by atoms with E-state index in [1.54, 1.807) is 6.92 Å². The van der Waals surface area contributed by atoms with Crippen molar-refractivity contribution in [1.82, 2.24) is 0 Å². The zero-order chi connectivity index (χ0) is 15.7. The van der Waals surface area contributed by atoms with E-state index < -0.39 is 11.4 Å².